The normalized spacial score (nSPS) is 12.0. The van der Waals surface area contributed by atoms with E-state index in [1.54, 1.807) is 17.0 Å². The Morgan fingerprint density at radius 3 is 2.58 bits per heavy atom. The molecule has 0 radical (unpaired) electrons. The number of nitrogens with zero attached hydrogens (tertiary/aromatic N) is 2. The maximum Gasteiger partial charge on any atom is 0.270 e. The summed E-state index contributed by atoms with van der Waals surface area (Å²) in [5, 5.41) is 7.83. The molecule has 0 aliphatic heterocycles. The Kier molecular flexibility index (Phi) is 6.03. The van der Waals surface area contributed by atoms with E-state index in [1.807, 2.05) is 56.3 Å². The fraction of sp³-hybridized carbons (Fsp3) is 0.231. The lowest BCUT2D eigenvalue weighted by molar-refractivity contribution is 0.0930. The van der Waals surface area contributed by atoms with E-state index in [1.165, 1.54) is 11.1 Å². The summed E-state index contributed by atoms with van der Waals surface area (Å²) in [4.78, 5) is 13.2. The molecule has 0 aliphatic carbocycles. The molecule has 4 aromatic rings. The highest BCUT2D eigenvalue weighted by Crippen LogP contribution is 2.24. The predicted molar refractivity (Wildman–Crippen MR) is 122 cm³/mol. The molecule has 2 aromatic heterocycles. The minimum absolute atomic E-state index is 0.0298. The van der Waals surface area contributed by atoms with Crippen LogP contribution in [0.25, 0.3) is 17.1 Å². The number of benzene rings is 2. The van der Waals surface area contributed by atoms with Crippen LogP contribution >= 0.6 is 0 Å². The van der Waals surface area contributed by atoms with Crippen molar-refractivity contribution in [1.29, 1.82) is 0 Å². The molecule has 0 bridgehead atoms. The van der Waals surface area contributed by atoms with Crippen molar-refractivity contribution in [3.05, 3.63) is 95.4 Å². The van der Waals surface area contributed by atoms with Gasteiger partial charge in [-0.2, -0.15) is 5.10 Å². The molecular formula is C26H27N3O2. The lowest BCUT2D eigenvalue weighted by Gasteiger charge is -2.15. The fourth-order valence-electron chi connectivity index (χ4n) is 3.71. The highest BCUT2D eigenvalue weighted by Gasteiger charge is 2.21. The lowest BCUT2D eigenvalue weighted by atomic mass is 10.1. The largest absolute Gasteiger partial charge is 0.463 e. The molecule has 5 nitrogen and oxygen atoms in total. The topological polar surface area (TPSA) is 60.1 Å². The summed E-state index contributed by atoms with van der Waals surface area (Å²) in [5.41, 5.74) is 5.49. The maximum absolute atomic E-state index is 13.2. The number of hydrogen-bond acceptors (Lipinski definition) is 3. The van der Waals surface area contributed by atoms with Gasteiger partial charge in [-0.1, -0.05) is 48.0 Å². The van der Waals surface area contributed by atoms with Crippen LogP contribution in [0.4, 0.5) is 0 Å². The number of aromatic nitrogens is 2. The number of amides is 1. The average Bonchev–Trinajstić information content (AvgIpc) is 3.43. The van der Waals surface area contributed by atoms with Crippen molar-refractivity contribution < 1.29 is 9.21 Å². The molecule has 0 aliphatic rings. The van der Waals surface area contributed by atoms with E-state index in [9.17, 15) is 4.79 Å². The molecule has 158 valence electrons. The Hall–Kier alpha value is -3.60. The van der Waals surface area contributed by atoms with E-state index in [0.717, 1.165) is 24.1 Å². The van der Waals surface area contributed by atoms with E-state index in [2.05, 4.69) is 30.4 Å². The van der Waals surface area contributed by atoms with Crippen LogP contribution in [0.5, 0.6) is 0 Å². The molecular weight excluding hydrogens is 386 g/mol. The molecule has 1 N–H and O–H groups in total. The van der Waals surface area contributed by atoms with Gasteiger partial charge in [-0.3, -0.25) is 4.79 Å². The van der Waals surface area contributed by atoms with Gasteiger partial charge in [0.2, 0.25) is 0 Å². The molecule has 2 heterocycles. The average molecular weight is 414 g/mol. The van der Waals surface area contributed by atoms with Crippen molar-refractivity contribution in [3.8, 4) is 17.1 Å². The number of nitrogens with one attached hydrogen (secondary N) is 1. The molecule has 4 rings (SSSR count). The summed E-state index contributed by atoms with van der Waals surface area (Å²) in [6.07, 6.45) is 3.38. The van der Waals surface area contributed by atoms with Gasteiger partial charge in [-0.25, -0.2) is 4.68 Å². The van der Waals surface area contributed by atoms with Gasteiger partial charge in [0.05, 0.1) is 12.0 Å². The number of carbonyl (C=O) groups is 1. The number of aryl methyl sites for hydroxylation is 3. The van der Waals surface area contributed by atoms with E-state index in [4.69, 9.17) is 9.52 Å². The summed E-state index contributed by atoms with van der Waals surface area (Å²) in [6, 6.07) is 21.9. The van der Waals surface area contributed by atoms with E-state index in [-0.39, 0.29) is 11.9 Å². The molecule has 1 atom stereocenters. The monoisotopic (exact) mass is 413 g/mol. The van der Waals surface area contributed by atoms with Gasteiger partial charge in [0, 0.05) is 12.1 Å². The first-order valence-corrected chi connectivity index (χ1v) is 10.6. The predicted octanol–water partition coefficient (Wildman–Crippen LogP) is 5.50. The Balaban J connectivity index is 1.59. The summed E-state index contributed by atoms with van der Waals surface area (Å²) >= 11 is 0. The number of furan rings is 1. The summed E-state index contributed by atoms with van der Waals surface area (Å²) in [6.45, 7) is 6.11. The second-order valence-corrected chi connectivity index (χ2v) is 7.99. The third-order valence-corrected chi connectivity index (χ3v) is 5.38. The first kappa shape index (κ1) is 20.7. The van der Waals surface area contributed by atoms with Gasteiger partial charge >= 0.3 is 0 Å². The molecule has 0 saturated heterocycles. The minimum Gasteiger partial charge on any atom is -0.463 e. The number of rotatable bonds is 7. The van der Waals surface area contributed by atoms with Crippen molar-refractivity contribution >= 4 is 5.91 Å². The van der Waals surface area contributed by atoms with Gasteiger partial charge in [0.15, 0.2) is 5.76 Å². The van der Waals surface area contributed by atoms with E-state index in [0.29, 0.717) is 17.1 Å². The first-order valence-electron chi connectivity index (χ1n) is 10.6. The van der Waals surface area contributed by atoms with Gasteiger partial charge in [0.25, 0.3) is 5.91 Å². The van der Waals surface area contributed by atoms with Crippen LogP contribution in [0.1, 0.15) is 40.5 Å². The van der Waals surface area contributed by atoms with Crippen molar-refractivity contribution in [2.75, 3.05) is 0 Å². The molecule has 0 fully saturated rings. The Morgan fingerprint density at radius 2 is 1.87 bits per heavy atom. The molecule has 1 amide bonds. The second-order valence-electron chi connectivity index (χ2n) is 7.99. The quantitative estimate of drug-likeness (QED) is 0.435. The SMILES string of the molecule is Cc1ccc(-n2nc(-c3ccco3)cc2C(=O)N[C@@H](C)CCc2ccccc2)c(C)c1. The van der Waals surface area contributed by atoms with Crippen molar-refractivity contribution in [1.82, 2.24) is 15.1 Å². The Labute approximate surface area is 182 Å². The standard InChI is InChI=1S/C26H27N3O2/c1-18-11-14-23(19(2)16-18)29-24(17-22(28-29)25-10-7-15-31-25)26(30)27-20(3)12-13-21-8-5-4-6-9-21/h4-11,14-17,20H,12-13H2,1-3H3,(H,27,30)/t20-/m0/s1. The molecule has 31 heavy (non-hydrogen) atoms. The van der Waals surface area contributed by atoms with Crippen molar-refractivity contribution in [2.45, 2.75) is 39.7 Å². The zero-order chi connectivity index (χ0) is 21.8. The molecule has 0 saturated carbocycles. The van der Waals surface area contributed by atoms with E-state index < -0.39 is 0 Å². The Bertz CT molecular complexity index is 1160. The second kappa shape index (κ2) is 9.04. The van der Waals surface area contributed by atoms with Gasteiger partial charge in [-0.05, 0) is 62.9 Å². The molecule has 0 unspecified atom stereocenters. The van der Waals surface area contributed by atoms with Crippen LogP contribution in [-0.2, 0) is 6.42 Å². The maximum atomic E-state index is 13.2. The number of hydrogen-bond donors (Lipinski definition) is 1. The highest BCUT2D eigenvalue weighted by molar-refractivity contribution is 5.94. The fourth-order valence-corrected chi connectivity index (χ4v) is 3.71. The molecule has 0 spiro atoms. The van der Waals surface area contributed by atoms with Crippen LogP contribution < -0.4 is 5.32 Å². The van der Waals surface area contributed by atoms with Crippen LogP contribution in [0, 0.1) is 13.8 Å². The summed E-state index contributed by atoms with van der Waals surface area (Å²) < 4.78 is 7.23. The molecule has 5 heteroatoms. The Morgan fingerprint density at radius 1 is 1.06 bits per heavy atom. The highest BCUT2D eigenvalue weighted by atomic mass is 16.3. The number of carbonyl (C=O) groups excluding carboxylic acids is 1. The third-order valence-electron chi connectivity index (χ3n) is 5.38. The molecule has 2 aromatic carbocycles. The van der Waals surface area contributed by atoms with Crippen molar-refractivity contribution in [3.63, 3.8) is 0 Å². The minimum atomic E-state index is -0.147. The van der Waals surface area contributed by atoms with Crippen LogP contribution in [0.2, 0.25) is 0 Å². The van der Waals surface area contributed by atoms with Crippen LogP contribution in [0.15, 0.2) is 77.4 Å². The van der Waals surface area contributed by atoms with Gasteiger partial charge in [0.1, 0.15) is 11.4 Å². The van der Waals surface area contributed by atoms with Crippen LogP contribution in [-0.4, -0.2) is 21.7 Å². The van der Waals surface area contributed by atoms with Crippen LogP contribution in [0.3, 0.4) is 0 Å². The smallest absolute Gasteiger partial charge is 0.270 e. The zero-order valence-corrected chi connectivity index (χ0v) is 18.1. The zero-order valence-electron chi connectivity index (χ0n) is 18.1. The van der Waals surface area contributed by atoms with E-state index >= 15 is 0 Å². The first-order chi connectivity index (χ1) is 15.0. The van der Waals surface area contributed by atoms with Gasteiger partial charge < -0.3 is 9.73 Å². The lowest BCUT2D eigenvalue weighted by Crippen LogP contribution is -2.34. The third kappa shape index (κ3) is 4.77. The summed E-state index contributed by atoms with van der Waals surface area (Å²) in [7, 11) is 0. The van der Waals surface area contributed by atoms with Gasteiger partial charge in [-0.15, -0.1) is 0 Å². The summed E-state index contributed by atoms with van der Waals surface area (Å²) in [5.74, 6) is 0.487. The van der Waals surface area contributed by atoms with Crippen molar-refractivity contribution in [2.24, 2.45) is 0 Å².